The van der Waals surface area contributed by atoms with Gasteiger partial charge in [0.2, 0.25) is 11.8 Å². The number of nitrogens with zero attached hydrogens (tertiary/aromatic N) is 2. The van der Waals surface area contributed by atoms with Crippen molar-refractivity contribution in [3.8, 4) is 0 Å². The zero-order valence-corrected chi connectivity index (χ0v) is 22.5. The van der Waals surface area contributed by atoms with Gasteiger partial charge in [-0.2, -0.15) is 0 Å². The maximum Gasteiger partial charge on any atom is 0.410 e. The van der Waals surface area contributed by atoms with Gasteiger partial charge in [0, 0.05) is 37.8 Å². The highest BCUT2D eigenvalue weighted by Gasteiger charge is 2.44. The van der Waals surface area contributed by atoms with Crippen LogP contribution in [0.25, 0.3) is 0 Å². The van der Waals surface area contributed by atoms with Crippen molar-refractivity contribution >= 4 is 36.9 Å². The summed E-state index contributed by atoms with van der Waals surface area (Å²) in [4.78, 5) is 43.3. The van der Waals surface area contributed by atoms with Gasteiger partial charge < -0.3 is 19.9 Å². The number of fused-ring (bicyclic) bond motifs is 1. The van der Waals surface area contributed by atoms with Gasteiger partial charge in [-0.1, -0.05) is 47.9 Å². The van der Waals surface area contributed by atoms with E-state index in [-0.39, 0.29) is 42.2 Å². The summed E-state index contributed by atoms with van der Waals surface area (Å²) in [5.41, 5.74) is 2.84. The molecule has 0 aromatic heterocycles. The lowest BCUT2D eigenvalue weighted by Crippen LogP contribution is -2.44. The largest absolute Gasteiger partial charge is 0.444 e. The van der Waals surface area contributed by atoms with Crippen LogP contribution in [0.1, 0.15) is 57.1 Å². The van der Waals surface area contributed by atoms with E-state index in [1.807, 2.05) is 68.1 Å². The molecular formula is C30H36BN3O4. The minimum absolute atomic E-state index is 0.00761. The number of hydrogen-bond acceptors (Lipinski definition) is 4. The fourth-order valence-corrected chi connectivity index (χ4v) is 5.76. The van der Waals surface area contributed by atoms with E-state index < -0.39 is 11.5 Å². The second-order valence-electron chi connectivity index (χ2n) is 12.0. The van der Waals surface area contributed by atoms with E-state index >= 15 is 0 Å². The molecule has 0 bridgehead atoms. The molecule has 3 atom stereocenters. The molecule has 198 valence electrons. The fourth-order valence-electron chi connectivity index (χ4n) is 5.76. The Bertz CT molecular complexity index is 1220. The normalized spacial score (nSPS) is 23.0. The van der Waals surface area contributed by atoms with Gasteiger partial charge in [-0.15, -0.1) is 0 Å². The molecule has 3 aliphatic rings. The Kier molecular flexibility index (Phi) is 7.25. The lowest BCUT2D eigenvalue weighted by atomic mass is 9.85. The van der Waals surface area contributed by atoms with Crippen molar-refractivity contribution in [2.45, 2.75) is 64.0 Å². The average molecular weight is 513 g/mol. The molecule has 5 rings (SSSR count). The lowest BCUT2D eigenvalue weighted by molar-refractivity contribution is -0.136. The maximum atomic E-state index is 14.0. The van der Waals surface area contributed by atoms with Crippen molar-refractivity contribution < 1.29 is 19.1 Å². The van der Waals surface area contributed by atoms with Crippen LogP contribution in [0.2, 0.25) is 0 Å². The number of para-hydroxylation sites is 1. The van der Waals surface area contributed by atoms with Gasteiger partial charge in [0.1, 0.15) is 13.4 Å². The van der Waals surface area contributed by atoms with Gasteiger partial charge in [-0.05, 0) is 69.1 Å². The monoisotopic (exact) mass is 513 g/mol. The number of carbonyl (C=O) groups is 3. The SMILES string of the molecule is [B]c1cccc(C[C@@H]2CN(C(=O)OC(C)(C)C)C[C@H]2CN(C(=O)C2CC(=O)Nc3ccccc32)C2CC2)c1. The second-order valence-corrected chi connectivity index (χ2v) is 12.0. The van der Waals surface area contributed by atoms with E-state index in [9.17, 15) is 14.4 Å². The summed E-state index contributed by atoms with van der Waals surface area (Å²) < 4.78 is 5.69. The molecule has 1 aliphatic carbocycles. The first-order valence-electron chi connectivity index (χ1n) is 13.6. The van der Waals surface area contributed by atoms with Crippen molar-refractivity contribution in [1.29, 1.82) is 0 Å². The molecule has 2 radical (unpaired) electrons. The number of carbonyl (C=O) groups excluding carboxylic acids is 3. The zero-order chi connectivity index (χ0) is 27.0. The van der Waals surface area contributed by atoms with E-state index in [2.05, 4.69) is 11.4 Å². The van der Waals surface area contributed by atoms with Crippen LogP contribution in [0.5, 0.6) is 0 Å². The van der Waals surface area contributed by atoms with E-state index in [1.54, 1.807) is 4.90 Å². The Morgan fingerprint density at radius 2 is 1.82 bits per heavy atom. The third-order valence-corrected chi connectivity index (χ3v) is 7.68. The number of anilines is 1. The van der Waals surface area contributed by atoms with Gasteiger partial charge in [0.15, 0.2) is 0 Å². The van der Waals surface area contributed by atoms with Crippen LogP contribution >= 0.6 is 0 Å². The van der Waals surface area contributed by atoms with Crippen molar-refractivity contribution in [2.24, 2.45) is 11.8 Å². The summed E-state index contributed by atoms with van der Waals surface area (Å²) in [7, 11) is 6.04. The molecular weight excluding hydrogens is 477 g/mol. The quantitative estimate of drug-likeness (QED) is 0.599. The van der Waals surface area contributed by atoms with E-state index in [4.69, 9.17) is 12.6 Å². The van der Waals surface area contributed by atoms with Gasteiger partial charge in [-0.25, -0.2) is 4.79 Å². The topological polar surface area (TPSA) is 79.0 Å². The van der Waals surface area contributed by atoms with Crippen molar-refractivity contribution in [3.05, 3.63) is 59.7 Å². The molecule has 2 fully saturated rings. The van der Waals surface area contributed by atoms with E-state index in [0.717, 1.165) is 30.4 Å². The van der Waals surface area contributed by atoms with Crippen LogP contribution in [0.15, 0.2) is 48.5 Å². The first kappa shape index (κ1) is 26.3. The molecule has 1 saturated carbocycles. The van der Waals surface area contributed by atoms with Crippen molar-refractivity contribution in [3.63, 3.8) is 0 Å². The number of nitrogens with one attached hydrogen (secondary N) is 1. The molecule has 7 nitrogen and oxygen atoms in total. The predicted octanol–water partition coefficient (Wildman–Crippen LogP) is 3.62. The van der Waals surface area contributed by atoms with Crippen molar-refractivity contribution in [2.75, 3.05) is 25.0 Å². The lowest BCUT2D eigenvalue weighted by Gasteiger charge is -2.33. The van der Waals surface area contributed by atoms with Crippen LogP contribution in [0, 0.1) is 11.8 Å². The van der Waals surface area contributed by atoms with Crippen molar-refractivity contribution in [1.82, 2.24) is 9.80 Å². The number of benzene rings is 2. The van der Waals surface area contributed by atoms with Gasteiger partial charge >= 0.3 is 6.09 Å². The molecule has 2 aromatic carbocycles. The van der Waals surface area contributed by atoms with Crippen LogP contribution in [0.3, 0.4) is 0 Å². The Labute approximate surface area is 226 Å². The summed E-state index contributed by atoms with van der Waals surface area (Å²) in [6, 6.07) is 15.6. The smallest absolute Gasteiger partial charge is 0.410 e. The minimum atomic E-state index is -0.580. The second kappa shape index (κ2) is 10.5. The molecule has 38 heavy (non-hydrogen) atoms. The Balaban J connectivity index is 1.38. The molecule has 1 unspecified atom stereocenters. The highest BCUT2D eigenvalue weighted by atomic mass is 16.6. The highest BCUT2D eigenvalue weighted by Crippen LogP contribution is 2.39. The van der Waals surface area contributed by atoms with Gasteiger partial charge in [-0.3, -0.25) is 9.59 Å². The molecule has 2 aromatic rings. The summed E-state index contributed by atoms with van der Waals surface area (Å²) in [6.45, 7) is 7.25. The minimum Gasteiger partial charge on any atom is -0.444 e. The zero-order valence-electron chi connectivity index (χ0n) is 22.5. The Morgan fingerprint density at radius 3 is 2.53 bits per heavy atom. The first-order chi connectivity index (χ1) is 18.1. The number of rotatable bonds is 6. The van der Waals surface area contributed by atoms with E-state index in [1.165, 1.54) is 0 Å². The van der Waals surface area contributed by atoms with Crippen LogP contribution in [-0.4, -0.2) is 66.8 Å². The molecule has 8 heteroatoms. The number of likely N-dealkylation sites (tertiary alicyclic amines) is 1. The Hall–Kier alpha value is -3.29. The van der Waals surface area contributed by atoms with E-state index in [0.29, 0.717) is 30.8 Å². The molecule has 2 aliphatic heterocycles. The third kappa shape index (κ3) is 6.06. The summed E-state index contributed by atoms with van der Waals surface area (Å²) in [6.07, 6.45) is 2.53. The molecule has 1 N–H and O–H groups in total. The van der Waals surface area contributed by atoms with Gasteiger partial charge in [0.05, 0.1) is 5.92 Å². The molecule has 1 saturated heterocycles. The molecule has 3 amide bonds. The molecule has 0 spiro atoms. The summed E-state index contributed by atoms with van der Waals surface area (Å²) in [5, 5.41) is 2.90. The predicted molar refractivity (Wildman–Crippen MR) is 147 cm³/mol. The van der Waals surface area contributed by atoms with Crippen LogP contribution in [-0.2, 0) is 20.7 Å². The van der Waals surface area contributed by atoms with Crippen LogP contribution in [0.4, 0.5) is 10.5 Å². The molecule has 2 heterocycles. The highest BCUT2D eigenvalue weighted by molar-refractivity contribution is 6.32. The fraction of sp³-hybridized carbons (Fsp3) is 0.500. The summed E-state index contributed by atoms with van der Waals surface area (Å²) in [5.74, 6) is -0.375. The van der Waals surface area contributed by atoms with Crippen LogP contribution < -0.4 is 10.8 Å². The standard InChI is InChI=1S/C30H36BN3O4/c1-30(2,3)38-29(37)33-16-20(13-19-7-6-8-22(31)14-19)21(17-33)18-34(23-11-12-23)28(36)25-15-27(35)32-26-10-5-4-9-24(25)26/h4-10,14,20-21,23,25H,11-13,15-18H2,1-3H3,(H,32,35)/t20-,21+,25?/m1/s1. The number of hydrogen-bond donors (Lipinski definition) is 1. The maximum absolute atomic E-state index is 14.0. The van der Waals surface area contributed by atoms with Gasteiger partial charge in [0.25, 0.3) is 0 Å². The number of amides is 3. The number of ether oxygens (including phenoxy) is 1. The summed E-state index contributed by atoms with van der Waals surface area (Å²) >= 11 is 0. The third-order valence-electron chi connectivity index (χ3n) is 7.68. The Morgan fingerprint density at radius 1 is 1.08 bits per heavy atom. The first-order valence-corrected chi connectivity index (χ1v) is 13.6. The average Bonchev–Trinajstić information content (AvgIpc) is 3.61.